The number of thiazole rings is 1. The average Bonchev–Trinajstić information content (AvgIpc) is 3.36. The van der Waals surface area contributed by atoms with Gasteiger partial charge in [0.1, 0.15) is 0 Å². The van der Waals surface area contributed by atoms with Crippen LogP contribution in [-0.2, 0) is 0 Å². The van der Waals surface area contributed by atoms with Gasteiger partial charge in [0.15, 0.2) is 0 Å². The molecular formula is C19H17AsN4O2S. The number of imidazole rings is 1. The van der Waals surface area contributed by atoms with E-state index in [9.17, 15) is 4.79 Å². The SMILES string of the molecule is COc1ccc(N(C)C(=O)[AsH]c2ccc3[nH]c(-c4cscn4)nc3c2)cc1. The molecule has 6 nitrogen and oxygen atoms in total. The zero-order chi connectivity index (χ0) is 18.8. The molecule has 0 spiro atoms. The third-order valence-electron chi connectivity index (χ3n) is 4.17. The number of carbonyl (C=O) groups excluding carboxylic acids is 1. The van der Waals surface area contributed by atoms with Crippen LogP contribution < -0.4 is 14.0 Å². The number of rotatable bonds is 5. The molecule has 4 aromatic rings. The molecular weight excluding hydrogens is 423 g/mol. The van der Waals surface area contributed by atoms with Gasteiger partial charge in [0.2, 0.25) is 0 Å². The van der Waals surface area contributed by atoms with E-state index in [1.54, 1.807) is 24.6 Å². The fourth-order valence-electron chi connectivity index (χ4n) is 2.66. The van der Waals surface area contributed by atoms with E-state index in [1.807, 2.05) is 47.8 Å². The zero-order valence-electron chi connectivity index (χ0n) is 14.8. The summed E-state index contributed by atoms with van der Waals surface area (Å²) < 4.78 is 6.34. The van der Waals surface area contributed by atoms with E-state index in [0.717, 1.165) is 38.3 Å². The predicted octanol–water partition coefficient (Wildman–Crippen LogP) is 3.01. The second kappa shape index (κ2) is 7.54. The van der Waals surface area contributed by atoms with Crippen molar-refractivity contribution in [2.75, 3.05) is 19.1 Å². The van der Waals surface area contributed by atoms with Gasteiger partial charge in [-0.05, 0) is 0 Å². The number of aromatic nitrogens is 3. The molecule has 0 bridgehead atoms. The van der Waals surface area contributed by atoms with Crippen LogP contribution in [0.3, 0.4) is 0 Å². The summed E-state index contributed by atoms with van der Waals surface area (Å²) in [6.07, 6.45) is 0. The number of methoxy groups -OCH3 is 1. The van der Waals surface area contributed by atoms with Crippen molar-refractivity contribution in [3.05, 3.63) is 53.4 Å². The number of nitrogens with one attached hydrogen (secondary N) is 1. The first-order valence-electron chi connectivity index (χ1n) is 8.21. The van der Waals surface area contributed by atoms with Crippen LogP contribution in [0, 0.1) is 0 Å². The van der Waals surface area contributed by atoms with E-state index in [-0.39, 0.29) is 4.69 Å². The topological polar surface area (TPSA) is 71.1 Å². The molecule has 1 N–H and O–H groups in total. The van der Waals surface area contributed by atoms with Gasteiger partial charge < -0.3 is 0 Å². The minimum absolute atomic E-state index is 0.134. The Labute approximate surface area is 166 Å². The maximum atomic E-state index is 12.7. The number of anilines is 1. The van der Waals surface area contributed by atoms with Crippen molar-refractivity contribution < 1.29 is 9.53 Å². The quantitative estimate of drug-likeness (QED) is 0.485. The van der Waals surface area contributed by atoms with Gasteiger partial charge in [0.25, 0.3) is 0 Å². The molecule has 1 unspecified atom stereocenters. The van der Waals surface area contributed by atoms with E-state index >= 15 is 0 Å². The Kier molecular flexibility index (Phi) is 4.96. The van der Waals surface area contributed by atoms with E-state index in [0.29, 0.717) is 0 Å². The van der Waals surface area contributed by atoms with E-state index in [1.165, 1.54) is 11.3 Å². The van der Waals surface area contributed by atoms with E-state index in [2.05, 4.69) is 15.0 Å². The normalized spacial score (nSPS) is 11.3. The third-order valence-corrected chi connectivity index (χ3v) is 7.17. The Balaban J connectivity index is 1.52. The number of hydrogen-bond donors (Lipinski definition) is 1. The summed E-state index contributed by atoms with van der Waals surface area (Å²) >= 11 is 0.544. The molecule has 0 radical (unpaired) electrons. The first-order valence-corrected chi connectivity index (χ1v) is 11.3. The van der Waals surface area contributed by atoms with Gasteiger partial charge in [0.05, 0.1) is 0 Å². The van der Waals surface area contributed by atoms with E-state index < -0.39 is 15.8 Å². The molecule has 4 rings (SSSR count). The van der Waals surface area contributed by atoms with Gasteiger partial charge >= 0.3 is 167 Å². The number of H-pyrrole nitrogens is 1. The molecule has 0 aliphatic rings. The summed E-state index contributed by atoms with van der Waals surface area (Å²) in [5, 5.41) is 1.96. The van der Waals surface area contributed by atoms with Crippen molar-refractivity contribution >= 4 is 52.9 Å². The fourth-order valence-corrected chi connectivity index (χ4v) is 5.13. The Hall–Kier alpha value is -2.63. The Morgan fingerprint density at radius 3 is 2.74 bits per heavy atom. The number of ether oxygens (including phenoxy) is 1. The monoisotopic (exact) mass is 440 g/mol. The number of nitrogens with zero attached hydrogens (tertiary/aromatic N) is 3. The number of benzene rings is 2. The molecule has 0 aliphatic heterocycles. The number of carbonyl (C=O) groups is 1. The second-order valence-corrected chi connectivity index (χ2v) is 9.23. The van der Waals surface area contributed by atoms with Gasteiger partial charge in [0, 0.05) is 0 Å². The van der Waals surface area contributed by atoms with Crippen molar-refractivity contribution in [2.24, 2.45) is 0 Å². The first kappa shape index (κ1) is 17.8. The van der Waals surface area contributed by atoms with Crippen LogP contribution >= 0.6 is 11.3 Å². The molecule has 27 heavy (non-hydrogen) atoms. The summed E-state index contributed by atoms with van der Waals surface area (Å²) in [5.74, 6) is 1.53. The first-order chi connectivity index (χ1) is 13.1. The van der Waals surface area contributed by atoms with Crippen LogP contribution in [0.15, 0.2) is 53.4 Å². The van der Waals surface area contributed by atoms with Gasteiger partial charge in [-0.2, -0.15) is 0 Å². The summed E-state index contributed by atoms with van der Waals surface area (Å²) in [5.41, 5.74) is 5.29. The number of hydrogen-bond acceptors (Lipinski definition) is 5. The second-order valence-electron chi connectivity index (χ2n) is 5.88. The van der Waals surface area contributed by atoms with E-state index in [4.69, 9.17) is 4.74 Å². The molecule has 2 heterocycles. The molecule has 1 amide bonds. The summed E-state index contributed by atoms with van der Waals surface area (Å²) in [4.78, 5) is 26.6. The zero-order valence-corrected chi connectivity index (χ0v) is 17.7. The standard InChI is InChI=1S/C19H17AsN4O2S/c1-24(13-4-6-14(26-2)7-5-13)19(25)20-12-3-8-15-16(9-12)23-18(22-15)17-10-27-11-21-17/h3-11,20H,1-2H3,(H,22,23). The van der Waals surface area contributed by atoms with Crippen molar-refractivity contribution in [3.8, 4) is 17.3 Å². The fraction of sp³-hybridized carbons (Fsp3) is 0.105. The van der Waals surface area contributed by atoms with Crippen molar-refractivity contribution in [1.82, 2.24) is 15.0 Å². The van der Waals surface area contributed by atoms with Crippen LogP contribution in [0.4, 0.5) is 10.5 Å². The van der Waals surface area contributed by atoms with Gasteiger partial charge in [-0.1, -0.05) is 0 Å². The van der Waals surface area contributed by atoms with Crippen LogP contribution in [0.5, 0.6) is 5.75 Å². The van der Waals surface area contributed by atoms with Crippen LogP contribution in [-0.4, -0.2) is 49.6 Å². The van der Waals surface area contributed by atoms with Crippen molar-refractivity contribution in [3.63, 3.8) is 0 Å². The van der Waals surface area contributed by atoms with Crippen molar-refractivity contribution in [2.45, 2.75) is 0 Å². The molecule has 8 heteroatoms. The Bertz CT molecular complexity index is 1080. The average molecular weight is 440 g/mol. The minimum atomic E-state index is -0.992. The number of amides is 1. The molecule has 136 valence electrons. The number of fused-ring (bicyclic) bond motifs is 1. The molecule has 0 fully saturated rings. The molecule has 0 saturated carbocycles. The van der Waals surface area contributed by atoms with Crippen molar-refractivity contribution in [1.29, 1.82) is 0 Å². The van der Waals surface area contributed by atoms with Gasteiger partial charge in [-0.15, -0.1) is 0 Å². The molecule has 0 aliphatic carbocycles. The summed E-state index contributed by atoms with van der Waals surface area (Å²) in [6, 6.07) is 13.5. The molecule has 2 aromatic carbocycles. The van der Waals surface area contributed by atoms with Gasteiger partial charge in [-0.25, -0.2) is 0 Å². The number of aromatic amines is 1. The predicted molar refractivity (Wildman–Crippen MR) is 111 cm³/mol. The molecule has 1 atom stereocenters. The Morgan fingerprint density at radius 1 is 1.22 bits per heavy atom. The maximum absolute atomic E-state index is 12.7. The van der Waals surface area contributed by atoms with Crippen LogP contribution in [0.25, 0.3) is 22.6 Å². The third kappa shape index (κ3) is 3.75. The van der Waals surface area contributed by atoms with Crippen LogP contribution in [0.2, 0.25) is 0 Å². The molecule has 0 saturated heterocycles. The Morgan fingerprint density at radius 2 is 2.04 bits per heavy atom. The summed E-state index contributed by atoms with van der Waals surface area (Å²) in [7, 11) is 3.43. The van der Waals surface area contributed by atoms with Gasteiger partial charge in [-0.3, -0.25) is 0 Å². The molecule has 2 aromatic heterocycles. The van der Waals surface area contributed by atoms with Crippen LogP contribution in [0.1, 0.15) is 0 Å². The summed E-state index contributed by atoms with van der Waals surface area (Å²) in [6.45, 7) is 0.